The second kappa shape index (κ2) is 7.15. The van der Waals surface area contributed by atoms with Crippen molar-refractivity contribution >= 4 is 22.9 Å². The molecule has 2 saturated heterocycles. The molecule has 2 fully saturated rings. The van der Waals surface area contributed by atoms with E-state index in [0.717, 1.165) is 48.9 Å². The van der Waals surface area contributed by atoms with Gasteiger partial charge < -0.3 is 15.2 Å². The molecule has 2 N–H and O–H groups in total. The molecule has 0 unspecified atom stereocenters. The van der Waals surface area contributed by atoms with Gasteiger partial charge in [0.25, 0.3) is 0 Å². The van der Waals surface area contributed by atoms with Gasteiger partial charge in [-0.2, -0.15) is 9.97 Å². The zero-order valence-electron chi connectivity index (χ0n) is 15.3. The maximum absolute atomic E-state index is 4.87. The Kier molecular flexibility index (Phi) is 4.74. The zero-order valence-corrected chi connectivity index (χ0v) is 15.3. The number of likely N-dealkylation sites (tertiary alicyclic amines) is 1. The monoisotopic (exact) mass is 343 g/mol. The molecule has 25 heavy (non-hydrogen) atoms. The Morgan fingerprint density at radius 1 is 1.20 bits per heavy atom. The van der Waals surface area contributed by atoms with Crippen LogP contribution in [0, 0.1) is 0 Å². The van der Waals surface area contributed by atoms with Crippen LogP contribution in [-0.4, -0.2) is 63.1 Å². The van der Waals surface area contributed by atoms with E-state index in [2.05, 4.69) is 38.9 Å². The number of fused-ring (bicyclic) bond motifs is 1. The van der Waals surface area contributed by atoms with Crippen LogP contribution in [0.1, 0.15) is 46.0 Å². The van der Waals surface area contributed by atoms with E-state index >= 15 is 0 Å². The largest absolute Gasteiger partial charge is 0.365 e. The number of aromatic amines is 1. The third-order valence-corrected chi connectivity index (χ3v) is 5.70. The third kappa shape index (κ3) is 3.29. The van der Waals surface area contributed by atoms with E-state index < -0.39 is 0 Å². The van der Waals surface area contributed by atoms with Crippen LogP contribution >= 0.6 is 0 Å². The quantitative estimate of drug-likeness (QED) is 0.840. The SMILES string of the molecule is CCC(CC)Nc1nc(N2CC[C@@H](N3CCCC3)C2)nc2nc[nH]c12. The van der Waals surface area contributed by atoms with Crippen molar-refractivity contribution < 1.29 is 0 Å². The minimum absolute atomic E-state index is 0.421. The normalized spacial score (nSPS) is 21.7. The van der Waals surface area contributed by atoms with Crippen LogP contribution in [-0.2, 0) is 0 Å². The summed E-state index contributed by atoms with van der Waals surface area (Å²) in [6.07, 6.45) is 7.75. The molecule has 1 atom stereocenters. The predicted octanol–water partition coefficient (Wildman–Crippen LogP) is 2.63. The molecule has 7 nitrogen and oxygen atoms in total. The molecule has 4 heterocycles. The Hall–Kier alpha value is -1.89. The topological polar surface area (TPSA) is 73.0 Å². The first-order valence-corrected chi connectivity index (χ1v) is 9.75. The van der Waals surface area contributed by atoms with Gasteiger partial charge in [-0.15, -0.1) is 0 Å². The van der Waals surface area contributed by atoms with Crippen molar-refractivity contribution in [2.45, 2.75) is 58.0 Å². The molecule has 0 amide bonds. The van der Waals surface area contributed by atoms with Crippen molar-refractivity contribution in [1.29, 1.82) is 0 Å². The summed E-state index contributed by atoms with van der Waals surface area (Å²) < 4.78 is 0. The third-order valence-electron chi connectivity index (χ3n) is 5.70. The summed E-state index contributed by atoms with van der Waals surface area (Å²) >= 11 is 0. The number of H-pyrrole nitrogens is 1. The Labute approximate surface area is 149 Å². The molecule has 4 rings (SSSR count). The number of hydrogen-bond acceptors (Lipinski definition) is 6. The molecule has 136 valence electrons. The first kappa shape index (κ1) is 16.6. The van der Waals surface area contributed by atoms with Crippen molar-refractivity contribution in [2.75, 3.05) is 36.4 Å². The molecule has 0 aliphatic carbocycles. The van der Waals surface area contributed by atoms with Gasteiger partial charge in [-0.05, 0) is 45.2 Å². The Morgan fingerprint density at radius 2 is 2.00 bits per heavy atom. The lowest BCUT2D eigenvalue weighted by Gasteiger charge is -2.24. The Balaban J connectivity index is 1.57. The van der Waals surface area contributed by atoms with E-state index in [1.807, 2.05) is 0 Å². The summed E-state index contributed by atoms with van der Waals surface area (Å²) in [5, 5.41) is 3.58. The predicted molar refractivity (Wildman–Crippen MR) is 101 cm³/mol. The Morgan fingerprint density at radius 3 is 2.76 bits per heavy atom. The number of imidazole rings is 1. The van der Waals surface area contributed by atoms with E-state index in [1.165, 1.54) is 32.4 Å². The summed E-state index contributed by atoms with van der Waals surface area (Å²) in [5.74, 6) is 1.70. The average molecular weight is 343 g/mol. The fraction of sp³-hybridized carbons (Fsp3) is 0.722. The highest BCUT2D eigenvalue weighted by molar-refractivity contribution is 5.83. The minimum Gasteiger partial charge on any atom is -0.365 e. The van der Waals surface area contributed by atoms with Gasteiger partial charge >= 0.3 is 0 Å². The van der Waals surface area contributed by atoms with E-state index in [9.17, 15) is 0 Å². The van der Waals surface area contributed by atoms with Crippen molar-refractivity contribution in [2.24, 2.45) is 0 Å². The maximum atomic E-state index is 4.87. The number of rotatable bonds is 6. The highest BCUT2D eigenvalue weighted by Gasteiger charge is 2.31. The van der Waals surface area contributed by atoms with Gasteiger partial charge in [-0.25, -0.2) is 4.98 Å². The fourth-order valence-corrected chi connectivity index (χ4v) is 4.08. The lowest BCUT2D eigenvalue weighted by molar-refractivity contribution is 0.260. The lowest BCUT2D eigenvalue weighted by atomic mass is 10.2. The second-order valence-electron chi connectivity index (χ2n) is 7.26. The van der Waals surface area contributed by atoms with Gasteiger partial charge in [0.1, 0.15) is 5.52 Å². The maximum Gasteiger partial charge on any atom is 0.229 e. The standard InChI is InChI=1S/C18H29N7/c1-3-13(4-2)21-17-15-16(20-12-19-15)22-18(23-17)25-10-7-14(11-25)24-8-5-6-9-24/h12-14H,3-11H2,1-2H3,(H2,19,20,21,22,23)/t14-/m1/s1. The molecule has 2 aliphatic heterocycles. The molecule has 0 radical (unpaired) electrons. The molecule has 2 aliphatic rings. The summed E-state index contributed by atoms with van der Waals surface area (Å²) in [6, 6.07) is 1.07. The van der Waals surface area contributed by atoms with Gasteiger partial charge in [0.2, 0.25) is 5.95 Å². The second-order valence-corrected chi connectivity index (χ2v) is 7.26. The van der Waals surface area contributed by atoms with Gasteiger partial charge in [-0.3, -0.25) is 4.90 Å². The summed E-state index contributed by atoms with van der Waals surface area (Å²) in [6.45, 7) is 8.96. The van der Waals surface area contributed by atoms with Crippen LogP contribution < -0.4 is 10.2 Å². The molecule has 0 bridgehead atoms. The van der Waals surface area contributed by atoms with Gasteiger partial charge in [0.15, 0.2) is 11.5 Å². The molecule has 0 saturated carbocycles. The van der Waals surface area contributed by atoms with E-state index in [4.69, 9.17) is 9.97 Å². The zero-order chi connectivity index (χ0) is 17.2. The Bertz CT molecular complexity index is 703. The average Bonchev–Trinajstić information content (AvgIpc) is 3.39. The lowest BCUT2D eigenvalue weighted by Crippen LogP contribution is -2.35. The molecular formula is C18H29N7. The van der Waals surface area contributed by atoms with E-state index in [-0.39, 0.29) is 0 Å². The van der Waals surface area contributed by atoms with Crippen LogP contribution in [0.5, 0.6) is 0 Å². The number of nitrogens with zero attached hydrogens (tertiary/aromatic N) is 5. The van der Waals surface area contributed by atoms with Crippen molar-refractivity contribution in [3.8, 4) is 0 Å². The van der Waals surface area contributed by atoms with Crippen molar-refractivity contribution in [1.82, 2.24) is 24.8 Å². The molecule has 2 aromatic heterocycles. The summed E-state index contributed by atoms with van der Waals surface area (Å²) in [5.41, 5.74) is 1.66. The fourth-order valence-electron chi connectivity index (χ4n) is 4.08. The molecule has 0 spiro atoms. The van der Waals surface area contributed by atoms with Crippen LogP contribution in [0.25, 0.3) is 11.2 Å². The number of nitrogens with one attached hydrogen (secondary N) is 2. The summed E-state index contributed by atoms with van der Waals surface area (Å²) in [4.78, 5) is 22.1. The number of aromatic nitrogens is 4. The highest BCUT2D eigenvalue weighted by atomic mass is 15.3. The summed E-state index contributed by atoms with van der Waals surface area (Å²) in [7, 11) is 0. The van der Waals surface area contributed by atoms with Gasteiger partial charge in [-0.1, -0.05) is 13.8 Å². The highest BCUT2D eigenvalue weighted by Crippen LogP contribution is 2.27. The molecule has 7 heteroatoms. The minimum atomic E-state index is 0.421. The van der Waals surface area contributed by atoms with Crippen molar-refractivity contribution in [3.05, 3.63) is 6.33 Å². The van der Waals surface area contributed by atoms with Crippen molar-refractivity contribution in [3.63, 3.8) is 0 Å². The van der Waals surface area contributed by atoms with Crippen LogP contribution in [0.4, 0.5) is 11.8 Å². The molecule has 0 aromatic carbocycles. The van der Waals surface area contributed by atoms with Gasteiger partial charge in [0.05, 0.1) is 6.33 Å². The van der Waals surface area contributed by atoms with Gasteiger partial charge in [0, 0.05) is 25.2 Å². The number of anilines is 2. The van der Waals surface area contributed by atoms with E-state index in [0.29, 0.717) is 12.1 Å². The van der Waals surface area contributed by atoms with E-state index in [1.54, 1.807) is 6.33 Å². The number of hydrogen-bond donors (Lipinski definition) is 2. The molecular weight excluding hydrogens is 314 g/mol. The first-order valence-electron chi connectivity index (χ1n) is 9.75. The molecule has 2 aromatic rings. The van der Waals surface area contributed by atoms with Crippen LogP contribution in [0.3, 0.4) is 0 Å². The smallest absolute Gasteiger partial charge is 0.229 e. The van der Waals surface area contributed by atoms with Crippen LogP contribution in [0.2, 0.25) is 0 Å². The first-order chi connectivity index (χ1) is 12.3. The van der Waals surface area contributed by atoms with Crippen LogP contribution in [0.15, 0.2) is 6.33 Å².